The first-order chi connectivity index (χ1) is 12.9. The number of hydrogen-bond donors (Lipinski definition) is 2. The summed E-state index contributed by atoms with van der Waals surface area (Å²) in [4.78, 5) is 38.5. The van der Waals surface area contributed by atoms with Crippen LogP contribution in [0.25, 0.3) is 0 Å². The molecule has 2 aliphatic rings. The Bertz CT molecular complexity index is 774. The first-order valence-corrected chi connectivity index (χ1v) is 9.52. The molecule has 3 rings (SSSR count). The summed E-state index contributed by atoms with van der Waals surface area (Å²) in [7, 11) is 1.49. The Balaban J connectivity index is 1.62. The van der Waals surface area contributed by atoms with E-state index < -0.39 is 11.6 Å². The summed E-state index contributed by atoms with van der Waals surface area (Å²) in [5.41, 5.74) is 0.550. The number of urea groups is 1. The molecule has 0 radical (unpaired) electrons. The minimum absolute atomic E-state index is 0.0140. The van der Waals surface area contributed by atoms with Gasteiger partial charge in [0.25, 0.3) is 5.91 Å². The lowest BCUT2D eigenvalue weighted by Gasteiger charge is -2.30. The van der Waals surface area contributed by atoms with E-state index in [1.165, 1.54) is 7.11 Å². The van der Waals surface area contributed by atoms with Crippen molar-refractivity contribution in [2.24, 2.45) is 0 Å². The molecule has 0 unspecified atom stereocenters. The Kier molecular flexibility index (Phi) is 5.60. The minimum atomic E-state index is -0.762. The van der Waals surface area contributed by atoms with E-state index in [9.17, 15) is 14.4 Å². The Morgan fingerprint density at radius 3 is 2.67 bits per heavy atom. The third-order valence-electron chi connectivity index (χ3n) is 5.27. The Morgan fingerprint density at radius 1 is 1.30 bits per heavy atom. The molecule has 2 N–H and O–H groups in total. The van der Waals surface area contributed by atoms with Crippen LogP contribution >= 0.6 is 11.6 Å². The number of nitrogens with one attached hydrogen (secondary N) is 2. The van der Waals surface area contributed by atoms with E-state index in [4.69, 9.17) is 16.3 Å². The summed E-state index contributed by atoms with van der Waals surface area (Å²) in [6.45, 7) is 1.88. The fourth-order valence-corrected chi connectivity index (χ4v) is 3.88. The van der Waals surface area contributed by atoms with Crippen molar-refractivity contribution in [2.75, 3.05) is 19.0 Å². The van der Waals surface area contributed by atoms with Gasteiger partial charge in [-0.05, 0) is 31.4 Å². The number of halogens is 1. The number of rotatable bonds is 5. The maximum absolute atomic E-state index is 12.7. The maximum Gasteiger partial charge on any atom is 0.325 e. The van der Waals surface area contributed by atoms with Gasteiger partial charge in [-0.1, -0.05) is 30.9 Å². The van der Waals surface area contributed by atoms with Crippen LogP contribution in [0.3, 0.4) is 0 Å². The van der Waals surface area contributed by atoms with E-state index in [0.717, 1.165) is 29.7 Å². The van der Waals surface area contributed by atoms with Gasteiger partial charge in [0.15, 0.2) is 0 Å². The normalized spacial score (nSPS) is 18.6. The molecule has 27 heavy (non-hydrogen) atoms. The minimum Gasteiger partial charge on any atom is -0.495 e. The second-order valence-electron chi connectivity index (χ2n) is 7.13. The van der Waals surface area contributed by atoms with Crippen LogP contribution < -0.4 is 15.4 Å². The lowest BCUT2D eigenvalue weighted by molar-refractivity contribution is -0.132. The first-order valence-electron chi connectivity index (χ1n) is 9.14. The summed E-state index contributed by atoms with van der Waals surface area (Å²) >= 11 is 6.07. The lowest BCUT2D eigenvalue weighted by atomic mass is 9.82. The summed E-state index contributed by atoms with van der Waals surface area (Å²) in [6, 6.07) is 2.95. The third kappa shape index (κ3) is 3.88. The molecule has 1 aliphatic carbocycles. The molecule has 1 aromatic carbocycles. The molecule has 1 aromatic rings. The number of benzene rings is 1. The van der Waals surface area contributed by atoms with Crippen LogP contribution in [0, 0.1) is 6.92 Å². The molecule has 2 fully saturated rings. The van der Waals surface area contributed by atoms with Crippen molar-refractivity contribution in [3.05, 3.63) is 22.7 Å². The SMILES string of the molecule is COc1cc(Cl)c(C)cc1NC(=O)CCN1C(=O)NC2(CCCCC2)C1=O. The fraction of sp³-hybridized carbons (Fsp3) is 0.526. The number of amides is 4. The van der Waals surface area contributed by atoms with Crippen molar-refractivity contribution in [2.45, 2.75) is 51.0 Å². The fourth-order valence-electron chi connectivity index (χ4n) is 3.73. The number of nitrogens with zero attached hydrogens (tertiary/aromatic N) is 1. The van der Waals surface area contributed by atoms with E-state index in [1.54, 1.807) is 12.1 Å². The molecular weight excluding hydrogens is 370 g/mol. The second kappa shape index (κ2) is 7.76. The van der Waals surface area contributed by atoms with Crippen LogP contribution in [0.1, 0.15) is 44.1 Å². The highest BCUT2D eigenvalue weighted by Crippen LogP contribution is 2.34. The topological polar surface area (TPSA) is 87.7 Å². The van der Waals surface area contributed by atoms with Crippen LogP contribution in [-0.4, -0.2) is 41.9 Å². The van der Waals surface area contributed by atoms with Crippen molar-refractivity contribution in [1.82, 2.24) is 10.2 Å². The Hall–Kier alpha value is -2.28. The number of anilines is 1. The van der Waals surface area contributed by atoms with Crippen LogP contribution in [0.5, 0.6) is 5.75 Å². The molecule has 1 heterocycles. The molecule has 0 atom stereocenters. The Morgan fingerprint density at radius 2 is 2.00 bits per heavy atom. The molecular formula is C19H24ClN3O4. The van der Waals surface area contributed by atoms with E-state index >= 15 is 0 Å². The lowest BCUT2D eigenvalue weighted by Crippen LogP contribution is -2.48. The number of ether oxygens (including phenoxy) is 1. The average Bonchev–Trinajstić information content (AvgIpc) is 2.86. The number of aryl methyl sites for hydroxylation is 1. The number of hydrogen-bond acceptors (Lipinski definition) is 4. The number of carbonyl (C=O) groups is 3. The molecule has 146 valence electrons. The summed E-state index contributed by atoms with van der Waals surface area (Å²) in [6.07, 6.45) is 4.28. The van der Waals surface area contributed by atoms with Gasteiger partial charge in [0.2, 0.25) is 5.91 Å². The number of imide groups is 1. The monoisotopic (exact) mass is 393 g/mol. The molecule has 1 spiro atoms. The Labute approximate surface area is 163 Å². The molecule has 0 aromatic heterocycles. The maximum atomic E-state index is 12.7. The van der Waals surface area contributed by atoms with Crippen LogP contribution in [-0.2, 0) is 9.59 Å². The van der Waals surface area contributed by atoms with Crippen molar-refractivity contribution >= 4 is 35.1 Å². The molecule has 4 amide bonds. The summed E-state index contributed by atoms with van der Waals surface area (Å²) < 4.78 is 5.24. The zero-order valence-electron chi connectivity index (χ0n) is 15.6. The van der Waals surface area contributed by atoms with E-state index in [2.05, 4.69) is 10.6 Å². The molecule has 8 heteroatoms. The molecule has 1 aliphatic heterocycles. The van der Waals surface area contributed by atoms with Gasteiger partial charge in [-0.3, -0.25) is 14.5 Å². The average molecular weight is 394 g/mol. The predicted octanol–water partition coefficient (Wildman–Crippen LogP) is 3.24. The first kappa shape index (κ1) is 19.5. The highest BCUT2D eigenvalue weighted by molar-refractivity contribution is 6.31. The highest BCUT2D eigenvalue weighted by atomic mass is 35.5. The molecule has 7 nitrogen and oxygen atoms in total. The van der Waals surface area contributed by atoms with Crippen molar-refractivity contribution in [3.63, 3.8) is 0 Å². The zero-order chi connectivity index (χ0) is 19.6. The quantitative estimate of drug-likeness (QED) is 0.752. The third-order valence-corrected chi connectivity index (χ3v) is 5.68. The smallest absolute Gasteiger partial charge is 0.325 e. The largest absolute Gasteiger partial charge is 0.495 e. The molecule has 1 saturated heterocycles. The van der Waals surface area contributed by atoms with Gasteiger partial charge in [0, 0.05) is 24.1 Å². The molecule has 0 bridgehead atoms. The highest BCUT2D eigenvalue weighted by Gasteiger charge is 2.51. The standard InChI is InChI=1S/C19H24ClN3O4/c1-12-10-14(15(27-2)11-13(12)20)21-16(24)6-9-23-17(25)19(22-18(23)26)7-4-3-5-8-19/h10-11H,3-9H2,1-2H3,(H,21,24)(H,22,26). The predicted molar refractivity (Wildman–Crippen MR) is 102 cm³/mol. The van der Waals surface area contributed by atoms with Crippen molar-refractivity contribution < 1.29 is 19.1 Å². The summed E-state index contributed by atoms with van der Waals surface area (Å²) in [5, 5.41) is 6.15. The van der Waals surface area contributed by atoms with E-state index in [1.807, 2.05) is 6.92 Å². The van der Waals surface area contributed by atoms with Gasteiger partial charge in [0.05, 0.1) is 12.8 Å². The van der Waals surface area contributed by atoms with Crippen molar-refractivity contribution in [3.8, 4) is 5.75 Å². The summed E-state index contributed by atoms with van der Waals surface area (Å²) in [5.74, 6) is -0.0600. The van der Waals surface area contributed by atoms with Gasteiger partial charge < -0.3 is 15.4 Å². The second-order valence-corrected chi connectivity index (χ2v) is 7.54. The van der Waals surface area contributed by atoms with Gasteiger partial charge >= 0.3 is 6.03 Å². The van der Waals surface area contributed by atoms with Crippen molar-refractivity contribution in [1.29, 1.82) is 0 Å². The van der Waals surface area contributed by atoms with E-state index in [-0.39, 0.29) is 24.8 Å². The van der Waals surface area contributed by atoms with Gasteiger partial charge in [-0.15, -0.1) is 0 Å². The van der Waals surface area contributed by atoms with Gasteiger partial charge in [-0.2, -0.15) is 0 Å². The molecule has 1 saturated carbocycles. The van der Waals surface area contributed by atoms with Crippen LogP contribution in [0.4, 0.5) is 10.5 Å². The van der Waals surface area contributed by atoms with Gasteiger partial charge in [0.1, 0.15) is 11.3 Å². The van der Waals surface area contributed by atoms with Crippen LogP contribution in [0.2, 0.25) is 5.02 Å². The number of carbonyl (C=O) groups excluding carboxylic acids is 3. The van der Waals surface area contributed by atoms with Crippen LogP contribution in [0.15, 0.2) is 12.1 Å². The van der Waals surface area contributed by atoms with E-state index in [0.29, 0.717) is 29.3 Å². The van der Waals surface area contributed by atoms with Gasteiger partial charge in [-0.25, -0.2) is 4.79 Å². The zero-order valence-corrected chi connectivity index (χ0v) is 16.3. The number of methoxy groups -OCH3 is 1.